The molecule has 4 rings (SSSR count). The average Bonchev–Trinajstić information content (AvgIpc) is 3.26. The molecule has 0 fully saturated rings. The topological polar surface area (TPSA) is 146 Å². The Morgan fingerprint density at radius 1 is 1.31 bits per heavy atom. The lowest BCUT2D eigenvalue weighted by Gasteiger charge is -2.20. The third-order valence-corrected chi connectivity index (χ3v) is 4.75. The maximum Gasteiger partial charge on any atom is 0.416 e. The van der Waals surface area contributed by atoms with Crippen molar-refractivity contribution in [3.63, 3.8) is 0 Å². The van der Waals surface area contributed by atoms with Gasteiger partial charge in [0.25, 0.3) is 5.91 Å². The molecule has 3 heterocycles. The Bertz CT molecular complexity index is 1320. The molecule has 190 valence electrons. The molecule has 4 N–H and O–H groups in total. The normalized spacial score (nSPS) is 13.7. The van der Waals surface area contributed by atoms with E-state index < -0.39 is 23.7 Å². The lowest BCUT2D eigenvalue weighted by atomic mass is 10.2. The summed E-state index contributed by atoms with van der Waals surface area (Å²) in [6.07, 6.45) is -2.16. The number of benzene rings is 1. The van der Waals surface area contributed by atoms with Crippen LogP contribution in [-0.4, -0.2) is 50.6 Å². The third kappa shape index (κ3) is 5.95. The SMILES string of the molecule is C=C(O/N=C/c1nc2ccc(C(F)(F)F)cc2[nH]1)C(C)NC(=O)c1ncnc2c1NCC(=O)N2.CC. The first-order valence-corrected chi connectivity index (χ1v) is 10.8. The van der Waals surface area contributed by atoms with Gasteiger partial charge in [0, 0.05) is 0 Å². The summed E-state index contributed by atoms with van der Waals surface area (Å²) in [5.74, 6) is -0.433. The number of nitrogens with zero attached hydrogens (tertiary/aromatic N) is 4. The molecular formula is C22H23F3N8O3. The van der Waals surface area contributed by atoms with E-state index in [1.165, 1.54) is 12.3 Å². The maximum atomic E-state index is 12.8. The number of amides is 2. The molecule has 36 heavy (non-hydrogen) atoms. The molecule has 0 bridgehead atoms. The first-order valence-electron chi connectivity index (χ1n) is 10.8. The van der Waals surface area contributed by atoms with E-state index in [2.05, 4.69) is 47.6 Å². The smallest absolute Gasteiger partial charge is 0.371 e. The summed E-state index contributed by atoms with van der Waals surface area (Å²) in [4.78, 5) is 43.9. The van der Waals surface area contributed by atoms with Crippen LogP contribution < -0.4 is 16.0 Å². The van der Waals surface area contributed by atoms with Gasteiger partial charge in [-0.25, -0.2) is 15.0 Å². The molecule has 1 atom stereocenters. The second kappa shape index (κ2) is 10.8. The van der Waals surface area contributed by atoms with Crippen molar-refractivity contribution in [2.24, 2.45) is 5.16 Å². The van der Waals surface area contributed by atoms with Crippen LogP contribution in [-0.2, 0) is 15.8 Å². The van der Waals surface area contributed by atoms with Crippen molar-refractivity contribution in [3.05, 3.63) is 53.9 Å². The predicted octanol–water partition coefficient (Wildman–Crippen LogP) is 3.44. The van der Waals surface area contributed by atoms with Gasteiger partial charge < -0.3 is 25.8 Å². The highest BCUT2D eigenvalue weighted by Crippen LogP contribution is 2.30. The van der Waals surface area contributed by atoms with E-state index in [1.807, 2.05) is 13.8 Å². The zero-order valence-corrected chi connectivity index (χ0v) is 19.5. The fourth-order valence-corrected chi connectivity index (χ4v) is 3.00. The number of hydrogen-bond acceptors (Lipinski definition) is 8. The number of carbonyl (C=O) groups is 2. The summed E-state index contributed by atoms with van der Waals surface area (Å²) in [5.41, 5.74) is 0.0213. The van der Waals surface area contributed by atoms with Crippen LogP contribution in [0.5, 0.6) is 0 Å². The molecule has 1 unspecified atom stereocenters. The predicted molar refractivity (Wildman–Crippen MR) is 126 cm³/mol. The molecule has 0 saturated carbocycles. The van der Waals surface area contributed by atoms with E-state index in [4.69, 9.17) is 4.84 Å². The minimum Gasteiger partial charge on any atom is -0.371 e. The maximum absolute atomic E-state index is 12.8. The number of halogens is 3. The summed E-state index contributed by atoms with van der Waals surface area (Å²) < 4.78 is 38.5. The lowest BCUT2D eigenvalue weighted by Crippen LogP contribution is -2.36. The molecule has 0 spiro atoms. The van der Waals surface area contributed by atoms with Crippen LogP contribution >= 0.6 is 0 Å². The fraction of sp³-hybridized carbons (Fsp3) is 0.273. The van der Waals surface area contributed by atoms with Crippen LogP contribution in [0.2, 0.25) is 0 Å². The van der Waals surface area contributed by atoms with Crippen molar-refractivity contribution in [2.45, 2.75) is 33.0 Å². The molecule has 1 aliphatic heterocycles. The summed E-state index contributed by atoms with van der Waals surface area (Å²) in [7, 11) is 0. The number of rotatable bonds is 6. The first-order chi connectivity index (χ1) is 17.1. The number of aromatic nitrogens is 4. The van der Waals surface area contributed by atoms with E-state index >= 15 is 0 Å². The second-order valence-electron chi connectivity index (χ2n) is 7.19. The van der Waals surface area contributed by atoms with Crippen molar-refractivity contribution in [1.82, 2.24) is 25.3 Å². The van der Waals surface area contributed by atoms with Gasteiger partial charge in [0.1, 0.15) is 24.0 Å². The van der Waals surface area contributed by atoms with Crippen LogP contribution in [0.3, 0.4) is 0 Å². The first kappa shape index (κ1) is 26.1. The fourth-order valence-electron chi connectivity index (χ4n) is 3.00. The molecule has 14 heteroatoms. The average molecular weight is 504 g/mol. The Hall–Kier alpha value is -4.49. The van der Waals surface area contributed by atoms with E-state index in [1.54, 1.807) is 6.92 Å². The Morgan fingerprint density at radius 3 is 2.78 bits per heavy atom. The van der Waals surface area contributed by atoms with Gasteiger partial charge in [0.15, 0.2) is 17.3 Å². The van der Waals surface area contributed by atoms with Gasteiger partial charge in [-0.15, -0.1) is 0 Å². The largest absolute Gasteiger partial charge is 0.416 e. The number of anilines is 2. The van der Waals surface area contributed by atoms with E-state index in [9.17, 15) is 22.8 Å². The number of alkyl halides is 3. The van der Waals surface area contributed by atoms with Gasteiger partial charge in [-0.2, -0.15) is 13.2 Å². The highest BCUT2D eigenvalue weighted by molar-refractivity contribution is 6.06. The van der Waals surface area contributed by atoms with E-state index in [0.29, 0.717) is 5.52 Å². The second-order valence-corrected chi connectivity index (χ2v) is 7.19. The van der Waals surface area contributed by atoms with Gasteiger partial charge in [0.2, 0.25) is 5.91 Å². The summed E-state index contributed by atoms with van der Waals surface area (Å²) in [5, 5.41) is 11.7. The highest BCUT2D eigenvalue weighted by Gasteiger charge is 2.30. The van der Waals surface area contributed by atoms with Gasteiger partial charge >= 0.3 is 6.18 Å². The van der Waals surface area contributed by atoms with E-state index in [-0.39, 0.29) is 46.8 Å². The van der Waals surface area contributed by atoms with Crippen molar-refractivity contribution in [1.29, 1.82) is 0 Å². The minimum atomic E-state index is -4.47. The van der Waals surface area contributed by atoms with Gasteiger partial charge in [0.05, 0.1) is 29.2 Å². The number of H-pyrrole nitrogens is 1. The summed E-state index contributed by atoms with van der Waals surface area (Å²) >= 11 is 0. The molecule has 2 amide bonds. The number of aromatic amines is 1. The molecule has 0 saturated heterocycles. The number of oxime groups is 1. The number of fused-ring (bicyclic) bond motifs is 2. The lowest BCUT2D eigenvalue weighted by molar-refractivity contribution is -0.137. The standard InChI is InChI=1S/C20H17F3N8O3.C2H6/c1-9(28-19(33)17-16-18(26-8-25-17)31-15(32)7-24-16)10(2)34-27-6-14-29-12-4-3-11(20(21,22)23)5-13(12)30-14;1-2/h3-6,8-9,24H,2,7H2,1H3,(H,28,33)(H,29,30)(H,25,26,31,32);1-2H3/b27-6+;. The molecule has 2 aromatic heterocycles. The molecule has 1 aliphatic rings. The third-order valence-electron chi connectivity index (χ3n) is 4.75. The van der Waals surface area contributed by atoms with Gasteiger partial charge in [-0.1, -0.05) is 25.6 Å². The zero-order chi connectivity index (χ0) is 26.5. The molecule has 3 aromatic rings. The van der Waals surface area contributed by atoms with Gasteiger partial charge in [-0.3, -0.25) is 9.59 Å². The summed E-state index contributed by atoms with van der Waals surface area (Å²) in [6, 6.07) is 2.43. The van der Waals surface area contributed by atoms with Crippen LogP contribution in [0.15, 0.2) is 42.0 Å². The Kier molecular flexibility index (Phi) is 7.86. The van der Waals surface area contributed by atoms with Crippen LogP contribution in [0.1, 0.15) is 42.6 Å². The Balaban J connectivity index is 0.00000176. The van der Waals surface area contributed by atoms with Crippen molar-refractivity contribution in [3.8, 4) is 0 Å². The van der Waals surface area contributed by atoms with Crippen molar-refractivity contribution >= 4 is 40.6 Å². The Morgan fingerprint density at radius 2 is 2.06 bits per heavy atom. The number of imidazole rings is 1. The number of carbonyl (C=O) groups excluding carboxylic acids is 2. The zero-order valence-electron chi connectivity index (χ0n) is 19.5. The highest BCUT2D eigenvalue weighted by atomic mass is 19.4. The van der Waals surface area contributed by atoms with Crippen molar-refractivity contribution in [2.75, 3.05) is 17.2 Å². The van der Waals surface area contributed by atoms with Crippen LogP contribution in [0.25, 0.3) is 11.0 Å². The van der Waals surface area contributed by atoms with E-state index in [0.717, 1.165) is 18.5 Å². The van der Waals surface area contributed by atoms with Crippen LogP contribution in [0.4, 0.5) is 24.7 Å². The quantitative estimate of drug-likeness (QED) is 0.228. The van der Waals surface area contributed by atoms with Crippen LogP contribution in [0, 0.1) is 0 Å². The summed E-state index contributed by atoms with van der Waals surface area (Å²) in [6.45, 7) is 9.27. The molecule has 1 aromatic carbocycles. The van der Waals surface area contributed by atoms with Crippen molar-refractivity contribution < 1.29 is 27.6 Å². The molecule has 0 radical (unpaired) electrons. The minimum absolute atomic E-state index is 0.0219. The Labute approximate surface area is 203 Å². The monoisotopic (exact) mass is 504 g/mol. The molecular weight excluding hydrogens is 481 g/mol. The number of hydrogen-bond donors (Lipinski definition) is 4. The van der Waals surface area contributed by atoms with Gasteiger partial charge in [-0.05, 0) is 25.1 Å². The molecule has 0 aliphatic carbocycles. The number of nitrogens with one attached hydrogen (secondary N) is 4. The molecule has 11 nitrogen and oxygen atoms in total.